The lowest BCUT2D eigenvalue weighted by molar-refractivity contribution is 0.102. The van der Waals surface area contributed by atoms with E-state index in [0.29, 0.717) is 5.56 Å². The molecule has 0 atom stereocenters. The molecule has 0 aliphatic carbocycles. The first-order chi connectivity index (χ1) is 13.2. The molecule has 27 heavy (non-hydrogen) atoms. The molecule has 0 radical (unpaired) electrons. The van der Waals surface area contributed by atoms with Crippen LogP contribution in [0.3, 0.4) is 0 Å². The van der Waals surface area contributed by atoms with E-state index in [1.165, 1.54) is 21.6 Å². The van der Waals surface area contributed by atoms with Gasteiger partial charge in [0, 0.05) is 35.6 Å². The molecule has 1 amide bonds. The van der Waals surface area contributed by atoms with Crippen LogP contribution >= 0.6 is 11.3 Å². The van der Waals surface area contributed by atoms with Gasteiger partial charge in [-0.25, -0.2) is 0 Å². The molecule has 0 unspecified atom stereocenters. The normalized spacial score (nSPS) is 14.0. The van der Waals surface area contributed by atoms with Gasteiger partial charge in [-0.2, -0.15) is 0 Å². The molecule has 4 rings (SSSR count). The van der Waals surface area contributed by atoms with Gasteiger partial charge in [-0.3, -0.25) is 9.69 Å². The second-order valence-corrected chi connectivity index (χ2v) is 8.11. The average Bonchev–Trinajstić information content (AvgIpc) is 3.10. The van der Waals surface area contributed by atoms with Crippen LogP contribution in [0.1, 0.15) is 38.8 Å². The maximum absolute atomic E-state index is 12.6. The fraction of sp³-hybridized carbons (Fsp3) is 0.261. The standard InChI is InChI=1S/C23H24N2OS/c1-2-21-14-20(16-25-13-12-17-8-6-7-11-19(17)15-25)23(27-21)24-22(26)18-9-4-3-5-10-18/h3-11,14H,2,12-13,15-16H2,1H3,(H,24,26). The Bertz CT molecular complexity index is 933. The molecule has 4 heteroatoms. The van der Waals surface area contributed by atoms with Crippen LogP contribution in [0.5, 0.6) is 0 Å². The van der Waals surface area contributed by atoms with E-state index < -0.39 is 0 Å². The zero-order valence-corrected chi connectivity index (χ0v) is 16.4. The Morgan fingerprint density at radius 2 is 1.81 bits per heavy atom. The van der Waals surface area contributed by atoms with E-state index in [9.17, 15) is 4.79 Å². The van der Waals surface area contributed by atoms with Gasteiger partial charge in [0.05, 0.1) is 5.00 Å². The highest BCUT2D eigenvalue weighted by molar-refractivity contribution is 7.16. The number of thiophene rings is 1. The van der Waals surface area contributed by atoms with Crippen molar-refractivity contribution >= 4 is 22.2 Å². The van der Waals surface area contributed by atoms with Gasteiger partial charge < -0.3 is 5.32 Å². The Labute approximate surface area is 164 Å². The number of hydrogen-bond donors (Lipinski definition) is 1. The van der Waals surface area contributed by atoms with Crippen LogP contribution in [-0.4, -0.2) is 17.4 Å². The third-order valence-electron chi connectivity index (χ3n) is 5.08. The number of nitrogens with one attached hydrogen (secondary N) is 1. The number of hydrogen-bond acceptors (Lipinski definition) is 3. The molecular formula is C23H24N2OS. The highest BCUT2D eigenvalue weighted by Crippen LogP contribution is 2.31. The van der Waals surface area contributed by atoms with Crippen molar-refractivity contribution in [2.75, 3.05) is 11.9 Å². The summed E-state index contributed by atoms with van der Waals surface area (Å²) in [5.41, 5.74) is 4.80. The number of fused-ring (bicyclic) bond motifs is 1. The molecule has 0 saturated heterocycles. The third kappa shape index (κ3) is 4.12. The van der Waals surface area contributed by atoms with Gasteiger partial charge in [-0.05, 0) is 42.2 Å². The van der Waals surface area contributed by atoms with E-state index in [-0.39, 0.29) is 5.91 Å². The number of rotatable bonds is 5. The van der Waals surface area contributed by atoms with Crippen LogP contribution < -0.4 is 5.32 Å². The molecule has 1 N–H and O–H groups in total. The van der Waals surface area contributed by atoms with Gasteiger partial charge in [-0.15, -0.1) is 11.3 Å². The second-order valence-electron chi connectivity index (χ2n) is 6.97. The van der Waals surface area contributed by atoms with Gasteiger partial charge >= 0.3 is 0 Å². The molecule has 3 nitrogen and oxygen atoms in total. The lowest BCUT2D eigenvalue weighted by Crippen LogP contribution is -2.30. The van der Waals surface area contributed by atoms with Crippen LogP contribution in [0.2, 0.25) is 0 Å². The van der Waals surface area contributed by atoms with Crippen molar-refractivity contribution in [3.8, 4) is 0 Å². The number of benzene rings is 2. The van der Waals surface area contributed by atoms with Gasteiger partial charge in [0.25, 0.3) is 5.91 Å². The lowest BCUT2D eigenvalue weighted by atomic mass is 9.99. The molecule has 0 spiro atoms. The van der Waals surface area contributed by atoms with E-state index in [2.05, 4.69) is 47.5 Å². The summed E-state index contributed by atoms with van der Waals surface area (Å²) in [5.74, 6) is -0.0367. The zero-order valence-electron chi connectivity index (χ0n) is 15.6. The highest BCUT2D eigenvalue weighted by Gasteiger charge is 2.19. The van der Waals surface area contributed by atoms with Crippen molar-refractivity contribution in [1.82, 2.24) is 4.90 Å². The van der Waals surface area contributed by atoms with Crippen LogP contribution in [-0.2, 0) is 25.9 Å². The summed E-state index contributed by atoms with van der Waals surface area (Å²) in [6, 6.07) is 20.4. The second kappa shape index (κ2) is 8.07. The predicted octanol–water partition coefficient (Wildman–Crippen LogP) is 5.12. The number of carbonyl (C=O) groups excluding carboxylic acids is 1. The average molecular weight is 377 g/mol. The first kappa shape index (κ1) is 18.0. The van der Waals surface area contributed by atoms with Gasteiger partial charge in [-0.1, -0.05) is 49.4 Å². The smallest absolute Gasteiger partial charge is 0.256 e. The molecule has 2 aromatic carbocycles. The van der Waals surface area contributed by atoms with Crippen molar-refractivity contribution in [1.29, 1.82) is 0 Å². The van der Waals surface area contributed by atoms with E-state index in [4.69, 9.17) is 0 Å². The van der Waals surface area contributed by atoms with Crippen molar-refractivity contribution in [3.05, 3.63) is 87.8 Å². The molecule has 0 bridgehead atoms. The maximum Gasteiger partial charge on any atom is 0.256 e. The van der Waals surface area contributed by atoms with E-state index in [1.54, 1.807) is 11.3 Å². The molecule has 1 aliphatic rings. The van der Waals surface area contributed by atoms with Crippen LogP contribution in [0.25, 0.3) is 0 Å². The first-order valence-corrected chi connectivity index (χ1v) is 10.3. The molecule has 138 valence electrons. The number of nitrogens with zero attached hydrogens (tertiary/aromatic N) is 1. The monoisotopic (exact) mass is 376 g/mol. The van der Waals surface area contributed by atoms with Crippen LogP contribution in [0.4, 0.5) is 5.00 Å². The van der Waals surface area contributed by atoms with E-state index >= 15 is 0 Å². The minimum absolute atomic E-state index is 0.0367. The fourth-order valence-corrected chi connectivity index (χ4v) is 4.58. The summed E-state index contributed by atoms with van der Waals surface area (Å²) in [6.45, 7) is 5.06. The summed E-state index contributed by atoms with van der Waals surface area (Å²) >= 11 is 1.70. The third-order valence-corrected chi connectivity index (χ3v) is 6.31. The van der Waals surface area contributed by atoms with E-state index in [1.807, 2.05) is 30.3 Å². The Morgan fingerprint density at radius 3 is 2.59 bits per heavy atom. The largest absolute Gasteiger partial charge is 0.313 e. The fourth-order valence-electron chi connectivity index (χ4n) is 3.58. The summed E-state index contributed by atoms with van der Waals surface area (Å²) in [5, 5.41) is 4.13. The summed E-state index contributed by atoms with van der Waals surface area (Å²) in [7, 11) is 0. The number of aryl methyl sites for hydroxylation is 1. The van der Waals surface area contributed by atoms with Crippen molar-refractivity contribution in [3.63, 3.8) is 0 Å². The predicted molar refractivity (Wildman–Crippen MR) is 112 cm³/mol. The van der Waals surface area contributed by atoms with Gasteiger partial charge in [0.1, 0.15) is 0 Å². The molecule has 2 heterocycles. The first-order valence-electron chi connectivity index (χ1n) is 9.50. The Hall–Kier alpha value is -2.43. The highest BCUT2D eigenvalue weighted by atomic mass is 32.1. The Kier molecular flexibility index (Phi) is 5.37. The Balaban J connectivity index is 1.51. The molecular weight excluding hydrogens is 352 g/mol. The SMILES string of the molecule is CCc1cc(CN2CCc3ccccc3C2)c(NC(=O)c2ccccc2)s1. The van der Waals surface area contributed by atoms with Gasteiger partial charge in [0.15, 0.2) is 0 Å². The summed E-state index contributed by atoms with van der Waals surface area (Å²) in [6.07, 6.45) is 2.08. The molecule has 1 aliphatic heterocycles. The zero-order chi connectivity index (χ0) is 18.6. The lowest BCUT2D eigenvalue weighted by Gasteiger charge is -2.28. The molecule has 3 aromatic rings. The van der Waals surface area contributed by atoms with Crippen LogP contribution in [0.15, 0.2) is 60.7 Å². The molecule has 0 saturated carbocycles. The topological polar surface area (TPSA) is 32.3 Å². The van der Waals surface area contributed by atoms with Crippen molar-refractivity contribution in [2.24, 2.45) is 0 Å². The number of carbonyl (C=O) groups is 1. The van der Waals surface area contributed by atoms with Crippen LogP contribution in [0, 0.1) is 0 Å². The molecule has 0 fully saturated rings. The van der Waals surface area contributed by atoms with E-state index in [0.717, 1.165) is 37.5 Å². The molecule has 1 aromatic heterocycles. The maximum atomic E-state index is 12.6. The van der Waals surface area contributed by atoms with Crippen molar-refractivity contribution in [2.45, 2.75) is 32.9 Å². The minimum Gasteiger partial charge on any atom is -0.313 e. The summed E-state index contributed by atoms with van der Waals surface area (Å²) < 4.78 is 0. The van der Waals surface area contributed by atoms with Gasteiger partial charge in [0.2, 0.25) is 0 Å². The number of amides is 1. The number of anilines is 1. The minimum atomic E-state index is -0.0367. The quantitative estimate of drug-likeness (QED) is 0.670. The van der Waals surface area contributed by atoms with Crippen molar-refractivity contribution < 1.29 is 4.79 Å². The summed E-state index contributed by atoms with van der Waals surface area (Å²) in [4.78, 5) is 16.4. The Morgan fingerprint density at radius 1 is 1.07 bits per heavy atom.